The lowest BCUT2D eigenvalue weighted by Crippen LogP contribution is -2.55. The highest BCUT2D eigenvalue weighted by molar-refractivity contribution is 5.96. The molecule has 0 aliphatic rings. The minimum Gasteiger partial charge on any atom is -0.478 e. The van der Waals surface area contributed by atoms with E-state index < -0.39 is 78.6 Å². The summed E-state index contributed by atoms with van der Waals surface area (Å²) in [6, 6.07) is 1.51. The van der Waals surface area contributed by atoms with Gasteiger partial charge in [-0.25, -0.2) is 9.59 Å². The maximum atomic E-state index is 13.1. The lowest BCUT2D eigenvalue weighted by Gasteiger charge is -2.22. The van der Waals surface area contributed by atoms with E-state index in [9.17, 15) is 38.4 Å². The van der Waals surface area contributed by atoms with Crippen LogP contribution < -0.4 is 49.5 Å². The number of benzene rings is 1. The van der Waals surface area contributed by atoms with Gasteiger partial charge in [-0.1, -0.05) is 24.8 Å². The average molecular weight is 691 g/mol. The molecule has 7 amide bonds. The van der Waals surface area contributed by atoms with Crippen molar-refractivity contribution in [3.05, 3.63) is 48.0 Å². The first-order valence-electron chi connectivity index (χ1n) is 14.8. The number of nitrogens with two attached hydrogens (primary N) is 4. The van der Waals surface area contributed by atoms with Gasteiger partial charge in [-0.3, -0.25) is 33.8 Å². The maximum absolute atomic E-state index is 13.1. The smallest absolute Gasteiger partial charge is 0.407 e. The van der Waals surface area contributed by atoms with E-state index in [1.54, 1.807) is 0 Å². The second kappa shape index (κ2) is 21.6. The molecule has 0 saturated carbocycles. The summed E-state index contributed by atoms with van der Waals surface area (Å²) < 4.78 is 4.76. The van der Waals surface area contributed by atoms with Gasteiger partial charge in [0, 0.05) is 13.1 Å². The third kappa shape index (κ3) is 17.3. The van der Waals surface area contributed by atoms with Gasteiger partial charge in [-0.05, 0) is 37.0 Å². The first kappa shape index (κ1) is 40.8. The van der Waals surface area contributed by atoms with Gasteiger partial charge < -0.3 is 59.4 Å². The predicted octanol–water partition coefficient (Wildman–Crippen LogP) is -3.79. The molecule has 1 rings (SSSR count). The van der Waals surface area contributed by atoms with Crippen LogP contribution in [0.15, 0.2) is 41.9 Å². The molecule has 0 spiro atoms. The highest BCUT2D eigenvalue weighted by Gasteiger charge is 2.27. The molecule has 0 fully saturated rings. The van der Waals surface area contributed by atoms with Crippen LogP contribution in [0.5, 0.6) is 0 Å². The molecule has 1 aromatic rings. The number of carboxylic acids is 1. The van der Waals surface area contributed by atoms with Crippen molar-refractivity contribution >= 4 is 53.5 Å². The van der Waals surface area contributed by atoms with Gasteiger partial charge in [0.25, 0.3) is 0 Å². The molecule has 0 heterocycles. The number of aromatic carboxylic acids is 1. The van der Waals surface area contributed by atoms with Crippen molar-refractivity contribution in [2.24, 2.45) is 27.9 Å². The maximum Gasteiger partial charge on any atom is 0.407 e. The highest BCUT2D eigenvalue weighted by atomic mass is 16.5. The molecule has 20 nitrogen and oxygen atoms in total. The van der Waals surface area contributed by atoms with Crippen LogP contribution in [0.1, 0.15) is 41.6 Å². The van der Waals surface area contributed by atoms with Gasteiger partial charge >= 0.3 is 12.1 Å². The number of nitrogens with one attached hydrogen (secondary N) is 5. The number of hydrogen-bond acceptors (Lipinski definition) is 10. The normalized spacial score (nSPS) is 12.1. The van der Waals surface area contributed by atoms with Crippen LogP contribution in [-0.2, 0) is 39.9 Å². The molecule has 0 aromatic heterocycles. The molecular weight excluding hydrogens is 648 g/mol. The van der Waals surface area contributed by atoms with Crippen LogP contribution in [0.4, 0.5) is 4.79 Å². The minimum absolute atomic E-state index is 0.0245. The number of carbonyl (C=O) groups excluding carboxylic acids is 7. The zero-order valence-corrected chi connectivity index (χ0v) is 26.6. The standard InChI is InChI=1S/C29H42N10O10/c1-2-11-49-29(48)35-10-8-18(24(31)43)39-26(45)19(7-4-9-34-28(32)33)37-23(42)15-36-25(44)20(14-21(30)40)38-22(41)13-16-5-3-6-17(12-16)27(46)47/h2-3,5-6,12,18-20H,1,4,7-11,13-15H2,(H2,30,40)(H2,31,43)(H,35,48)(H,36,44)(H,37,42)(H,38,41)(H,39,45)(H,46,47)(H4,32,33,34)/t18-,19-,20-/m0/s1. The molecule has 268 valence electrons. The van der Waals surface area contributed by atoms with Crippen molar-refractivity contribution in [2.45, 2.75) is 50.2 Å². The quantitative estimate of drug-likeness (QED) is 0.0242. The number of ether oxygens (including phenoxy) is 1. The molecule has 0 aliphatic carbocycles. The van der Waals surface area contributed by atoms with Crippen molar-refractivity contribution < 1.29 is 48.2 Å². The van der Waals surface area contributed by atoms with E-state index in [0.29, 0.717) is 5.56 Å². The monoisotopic (exact) mass is 690 g/mol. The molecular formula is C29H42N10O10. The SMILES string of the molecule is C=CCOC(=O)NCC[C@H](NC(=O)[C@H](CCCN=C(N)N)NC(=O)CNC(=O)[C@H](CC(N)=O)NC(=O)Cc1cccc(C(=O)O)c1)C(N)=O. The van der Waals surface area contributed by atoms with E-state index in [4.69, 9.17) is 32.8 Å². The van der Waals surface area contributed by atoms with Crippen molar-refractivity contribution in [3.8, 4) is 0 Å². The lowest BCUT2D eigenvalue weighted by molar-refractivity contribution is -0.133. The van der Waals surface area contributed by atoms with Crippen LogP contribution in [0.3, 0.4) is 0 Å². The Balaban J connectivity index is 2.89. The molecule has 0 saturated heterocycles. The first-order valence-corrected chi connectivity index (χ1v) is 14.8. The van der Waals surface area contributed by atoms with Crippen molar-refractivity contribution in [1.82, 2.24) is 26.6 Å². The molecule has 0 radical (unpaired) electrons. The summed E-state index contributed by atoms with van der Waals surface area (Å²) in [7, 11) is 0. The van der Waals surface area contributed by atoms with Crippen LogP contribution in [0.25, 0.3) is 0 Å². The number of rotatable bonds is 22. The molecule has 20 heteroatoms. The Kier molecular flexibility index (Phi) is 18.0. The summed E-state index contributed by atoms with van der Waals surface area (Å²) in [6.07, 6.45) is -0.338. The minimum atomic E-state index is -1.49. The average Bonchev–Trinajstić information content (AvgIpc) is 3.02. The molecule has 0 bridgehead atoms. The Labute approximate surface area is 280 Å². The van der Waals surface area contributed by atoms with Crippen molar-refractivity contribution in [2.75, 3.05) is 26.2 Å². The van der Waals surface area contributed by atoms with Crippen LogP contribution in [0.2, 0.25) is 0 Å². The number of primary amides is 2. The van der Waals surface area contributed by atoms with E-state index in [0.717, 1.165) is 0 Å². The molecule has 1 aromatic carbocycles. The third-order valence-electron chi connectivity index (χ3n) is 6.31. The zero-order chi connectivity index (χ0) is 36.9. The topological polar surface area (TPSA) is 343 Å². The van der Waals surface area contributed by atoms with E-state index in [1.165, 1.54) is 30.3 Å². The Morgan fingerprint density at radius 1 is 0.878 bits per heavy atom. The van der Waals surface area contributed by atoms with Gasteiger partial charge in [0.05, 0.1) is 24.9 Å². The van der Waals surface area contributed by atoms with Gasteiger partial charge in [0.2, 0.25) is 35.4 Å². The second-order valence-electron chi connectivity index (χ2n) is 10.3. The number of carbonyl (C=O) groups is 8. The molecule has 3 atom stereocenters. The van der Waals surface area contributed by atoms with Gasteiger partial charge in [0.15, 0.2) is 5.96 Å². The van der Waals surface area contributed by atoms with Crippen molar-refractivity contribution in [1.29, 1.82) is 0 Å². The lowest BCUT2D eigenvalue weighted by atomic mass is 10.1. The van der Waals surface area contributed by atoms with E-state index in [1.807, 2.05) is 0 Å². The number of hydrogen-bond donors (Lipinski definition) is 10. The summed E-state index contributed by atoms with van der Waals surface area (Å²) >= 11 is 0. The number of amides is 7. The summed E-state index contributed by atoms with van der Waals surface area (Å²) in [6.45, 7) is 2.64. The summed E-state index contributed by atoms with van der Waals surface area (Å²) in [5.41, 5.74) is 21.5. The largest absolute Gasteiger partial charge is 0.478 e. The number of nitrogens with zero attached hydrogens (tertiary/aromatic N) is 1. The van der Waals surface area contributed by atoms with Crippen molar-refractivity contribution in [3.63, 3.8) is 0 Å². The number of carboxylic acid groups (broad SMARTS) is 1. The summed E-state index contributed by atoms with van der Waals surface area (Å²) in [5, 5.41) is 20.9. The fourth-order valence-corrected chi connectivity index (χ4v) is 4.03. The van der Waals surface area contributed by atoms with Gasteiger partial charge in [0.1, 0.15) is 24.7 Å². The first-order chi connectivity index (χ1) is 23.1. The number of alkyl carbamates (subject to hydrolysis) is 1. The third-order valence-corrected chi connectivity index (χ3v) is 6.31. The number of guanidine groups is 1. The zero-order valence-electron chi connectivity index (χ0n) is 26.6. The number of aliphatic imine (C=N–C) groups is 1. The Morgan fingerprint density at radius 3 is 2.18 bits per heavy atom. The Morgan fingerprint density at radius 2 is 1.57 bits per heavy atom. The van der Waals surface area contributed by atoms with E-state index >= 15 is 0 Å². The molecule has 49 heavy (non-hydrogen) atoms. The molecule has 14 N–H and O–H groups in total. The fraction of sp³-hybridized carbons (Fsp3) is 0.414. The van der Waals surface area contributed by atoms with Crippen LogP contribution in [-0.4, -0.2) is 103 Å². The summed E-state index contributed by atoms with van der Waals surface area (Å²) in [5.74, 6) is -6.66. The fourth-order valence-electron chi connectivity index (χ4n) is 4.03. The van der Waals surface area contributed by atoms with Gasteiger partial charge in [-0.2, -0.15) is 0 Å². The molecule has 0 unspecified atom stereocenters. The highest BCUT2D eigenvalue weighted by Crippen LogP contribution is 2.07. The summed E-state index contributed by atoms with van der Waals surface area (Å²) in [4.78, 5) is 101. The van der Waals surface area contributed by atoms with Crippen LogP contribution >= 0.6 is 0 Å². The Hall–Kier alpha value is -6.21. The Bertz CT molecular complexity index is 1410. The second-order valence-corrected chi connectivity index (χ2v) is 10.3. The molecule has 0 aliphatic heterocycles. The van der Waals surface area contributed by atoms with E-state index in [-0.39, 0.29) is 56.9 Å². The predicted molar refractivity (Wildman–Crippen MR) is 173 cm³/mol. The van der Waals surface area contributed by atoms with E-state index in [2.05, 4.69) is 38.2 Å². The van der Waals surface area contributed by atoms with Crippen LogP contribution in [0, 0.1) is 0 Å². The van der Waals surface area contributed by atoms with Gasteiger partial charge in [-0.15, -0.1) is 0 Å².